The molecule has 0 unspecified atom stereocenters. The van der Waals surface area contributed by atoms with Crippen molar-refractivity contribution in [3.8, 4) is 0 Å². The maximum Gasteiger partial charge on any atom is 0.331 e. The molecule has 0 heterocycles. The molecule has 0 fully saturated rings. The second-order valence-electron chi connectivity index (χ2n) is 4.80. The molecule has 106 valence electrons. The van der Waals surface area contributed by atoms with E-state index >= 15 is 0 Å². The van der Waals surface area contributed by atoms with Crippen molar-refractivity contribution < 1.29 is 14.3 Å². The van der Waals surface area contributed by atoms with Crippen molar-refractivity contribution in [3.05, 3.63) is 35.4 Å². The van der Waals surface area contributed by atoms with Gasteiger partial charge < -0.3 is 10.1 Å². The molecule has 1 aliphatic rings. The molecule has 0 aromatic heterocycles. The van der Waals surface area contributed by atoms with Crippen LogP contribution in [0.3, 0.4) is 0 Å². The first kappa shape index (κ1) is 14.3. The number of carbonyl (C=O) groups is 2. The lowest BCUT2D eigenvalue weighted by Gasteiger charge is -2.22. The molecule has 1 aliphatic carbocycles. The molecule has 2 rings (SSSR count). The van der Waals surface area contributed by atoms with Crippen molar-refractivity contribution in [2.75, 3.05) is 11.9 Å². The molecular formula is C16H19NO3. The second-order valence-corrected chi connectivity index (χ2v) is 4.80. The van der Waals surface area contributed by atoms with Gasteiger partial charge in [0.25, 0.3) is 0 Å². The summed E-state index contributed by atoms with van der Waals surface area (Å²) < 4.78 is 4.98. The monoisotopic (exact) mass is 273 g/mol. The smallest absolute Gasteiger partial charge is 0.331 e. The number of hydrogen-bond donors (Lipinski definition) is 1. The van der Waals surface area contributed by atoms with E-state index in [1.165, 1.54) is 6.92 Å². The van der Waals surface area contributed by atoms with Gasteiger partial charge in [0, 0.05) is 24.3 Å². The third-order valence-electron chi connectivity index (χ3n) is 3.25. The Kier molecular flexibility index (Phi) is 4.56. The van der Waals surface area contributed by atoms with Crippen LogP contribution < -0.4 is 5.32 Å². The molecule has 0 saturated carbocycles. The summed E-state index contributed by atoms with van der Waals surface area (Å²) in [6.07, 6.45) is 4.33. The highest BCUT2D eigenvalue weighted by Gasteiger charge is 2.19. The molecule has 0 bridgehead atoms. The number of allylic oxidation sites excluding steroid dienone is 1. The predicted molar refractivity (Wildman–Crippen MR) is 78.3 cm³/mol. The molecule has 0 atom stereocenters. The average Bonchev–Trinajstić information content (AvgIpc) is 2.38. The van der Waals surface area contributed by atoms with Gasteiger partial charge in [0.2, 0.25) is 5.91 Å². The fourth-order valence-electron chi connectivity index (χ4n) is 2.55. The first-order valence-electron chi connectivity index (χ1n) is 6.89. The summed E-state index contributed by atoms with van der Waals surface area (Å²) in [5.41, 5.74) is 3.85. The maximum absolute atomic E-state index is 11.7. The van der Waals surface area contributed by atoms with E-state index in [1.54, 1.807) is 13.0 Å². The van der Waals surface area contributed by atoms with E-state index in [0.717, 1.165) is 41.6 Å². The molecule has 4 nitrogen and oxygen atoms in total. The van der Waals surface area contributed by atoms with E-state index in [-0.39, 0.29) is 11.9 Å². The number of amides is 1. The molecule has 1 N–H and O–H groups in total. The van der Waals surface area contributed by atoms with E-state index < -0.39 is 0 Å². The van der Waals surface area contributed by atoms with E-state index in [1.807, 2.05) is 18.2 Å². The zero-order chi connectivity index (χ0) is 14.5. The van der Waals surface area contributed by atoms with Crippen LogP contribution in [0.4, 0.5) is 5.69 Å². The van der Waals surface area contributed by atoms with Crippen LogP contribution in [-0.4, -0.2) is 18.5 Å². The minimum absolute atomic E-state index is 0.112. The van der Waals surface area contributed by atoms with Crippen molar-refractivity contribution in [2.45, 2.75) is 33.1 Å². The Labute approximate surface area is 118 Å². The van der Waals surface area contributed by atoms with Gasteiger partial charge in [-0.3, -0.25) is 4.79 Å². The lowest BCUT2D eigenvalue weighted by Crippen LogP contribution is -2.12. The van der Waals surface area contributed by atoms with Crippen molar-refractivity contribution in [3.63, 3.8) is 0 Å². The quantitative estimate of drug-likeness (QED) is 0.680. The van der Waals surface area contributed by atoms with E-state index in [2.05, 4.69) is 5.32 Å². The maximum atomic E-state index is 11.7. The van der Waals surface area contributed by atoms with Crippen LogP contribution in [0.15, 0.2) is 24.3 Å². The third-order valence-corrected chi connectivity index (χ3v) is 3.25. The van der Waals surface area contributed by atoms with E-state index in [4.69, 9.17) is 4.74 Å². The van der Waals surface area contributed by atoms with Crippen molar-refractivity contribution in [2.24, 2.45) is 0 Å². The number of nitrogens with one attached hydrogen (secondary N) is 1. The van der Waals surface area contributed by atoms with Crippen molar-refractivity contribution in [1.82, 2.24) is 0 Å². The number of hydrogen-bond acceptors (Lipinski definition) is 3. The number of aryl methyl sites for hydroxylation is 1. The highest BCUT2D eigenvalue weighted by atomic mass is 16.5. The van der Waals surface area contributed by atoms with Crippen LogP contribution in [0.1, 0.15) is 37.8 Å². The Morgan fingerprint density at radius 3 is 2.85 bits per heavy atom. The summed E-state index contributed by atoms with van der Waals surface area (Å²) in [5.74, 6) is -0.438. The standard InChI is InChI=1S/C16H19NO3/c1-3-20-15(19)10-13-8-4-6-12-7-5-9-14(16(12)13)17-11(2)18/h5,7,9-10H,3-4,6,8H2,1-2H3,(H,17,18)/b13-10+. The van der Waals surface area contributed by atoms with Crippen molar-refractivity contribution >= 4 is 23.1 Å². The van der Waals surface area contributed by atoms with Gasteiger partial charge in [-0.25, -0.2) is 4.79 Å². The highest BCUT2D eigenvalue weighted by molar-refractivity contribution is 5.98. The molecule has 1 aromatic rings. The summed E-state index contributed by atoms with van der Waals surface area (Å²) >= 11 is 0. The van der Waals surface area contributed by atoms with Crippen LogP contribution in [-0.2, 0) is 20.7 Å². The lowest BCUT2D eigenvalue weighted by molar-refractivity contribution is -0.137. The van der Waals surface area contributed by atoms with Gasteiger partial charge in [-0.05, 0) is 43.4 Å². The highest BCUT2D eigenvalue weighted by Crippen LogP contribution is 2.36. The number of ether oxygens (including phenoxy) is 1. The summed E-state index contributed by atoms with van der Waals surface area (Å²) in [5, 5.41) is 2.84. The molecule has 1 aromatic carbocycles. The molecule has 1 amide bonds. The largest absolute Gasteiger partial charge is 0.463 e. The van der Waals surface area contributed by atoms with Crippen LogP contribution in [0, 0.1) is 0 Å². The fraction of sp³-hybridized carbons (Fsp3) is 0.375. The van der Waals surface area contributed by atoms with Crippen LogP contribution in [0.25, 0.3) is 5.57 Å². The predicted octanol–water partition coefficient (Wildman–Crippen LogP) is 2.93. The zero-order valence-corrected chi connectivity index (χ0v) is 11.9. The molecule has 20 heavy (non-hydrogen) atoms. The average molecular weight is 273 g/mol. The Balaban J connectivity index is 2.42. The molecule has 0 aliphatic heterocycles. The van der Waals surface area contributed by atoms with E-state index in [0.29, 0.717) is 6.61 Å². The fourth-order valence-corrected chi connectivity index (χ4v) is 2.55. The Morgan fingerprint density at radius 1 is 1.35 bits per heavy atom. The van der Waals surface area contributed by atoms with Crippen LogP contribution in [0.2, 0.25) is 0 Å². The van der Waals surface area contributed by atoms with Crippen LogP contribution >= 0.6 is 0 Å². The van der Waals surface area contributed by atoms with Gasteiger partial charge in [0.15, 0.2) is 0 Å². The van der Waals surface area contributed by atoms with Gasteiger partial charge in [0.1, 0.15) is 0 Å². The molecule has 0 spiro atoms. The Hall–Kier alpha value is -2.10. The number of carbonyl (C=O) groups excluding carboxylic acids is 2. The molecule has 0 radical (unpaired) electrons. The molecule has 0 saturated heterocycles. The SMILES string of the molecule is CCOC(=O)/C=C1\CCCc2cccc(NC(C)=O)c21. The first-order valence-corrected chi connectivity index (χ1v) is 6.89. The van der Waals surface area contributed by atoms with Gasteiger partial charge in [-0.2, -0.15) is 0 Å². The van der Waals surface area contributed by atoms with Gasteiger partial charge in [-0.15, -0.1) is 0 Å². The van der Waals surface area contributed by atoms with Gasteiger partial charge in [-0.1, -0.05) is 12.1 Å². The van der Waals surface area contributed by atoms with Crippen LogP contribution in [0.5, 0.6) is 0 Å². The summed E-state index contributed by atoms with van der Waals surface area (Å²) in [6.45, 7) is 3.63. The van der Waals surface area contributed by atoms with E-state index in [9.17, 15) is 9.59 Å². The molecular weight excluding hydrogens is 254 g/mol. The second kappa shape index (κ2) is 6.37. The molecule has 4 heteroatoms. The van der Waals surface area contributed by atoms with Gasteiger partial charge >= 0.3 is 5.97 Å². The van der Waals surface area contributed by atoms with Gasteiger partial charge in [0.05, 0.1) is 6.61 Å². The summed E-state index contributed by atoms with van der Waals surface area (Å²) in [7, 11) is 0. The normalized spacial score (nSPS) is 15.6. The Morgan fingerprint density at radius 2 is 2.15 bits per heavy atom. The van der Waals surface area contributed by atoms with Crippen molar-refractivity contribution in [1.29, 1.82) is 0 Å². The summed E-state index contributed by atoms with van der Waals surface area (Å²) in [4.78, 5) is 23.0. The first-order chi connectivity index (χ1) is 9.61. The number of rotatable bonds is 3. The Bertz CT molecular complexity index is 561. The number of esters is 1. The minimum Gasteiger partial charge on any atom is -0.463 e. The third kappa shape index (κ3) is 3.26. The number of benzene rings is 1. The number of fused-ring (bicyclic) bond motifs is 1. The topological polar surface area (TPSA) is 55.4 Å². The number of anilines is 1. The lowest BCUT2D eigenvalue weighted by atomic mass is 9.86. The summed E-state index contributed by atoms with van der Waals surface area (Å²) in [6, 6.07) is 5.83. The minimum atomic E-state index is -0.326. The zero-order valence-electron chi connectivity index (χ0n) is 11.9.